The Bertz CT molecular complexity index is 913. The number of aryl methyl sites for hydroxylation is 1. The molecule has 0 aromatic heterocycles. The zero-order valence-corrected chi connectivity index (χ0v) is 16.6. The van der Waals surface area contributed by atoms with Gasteiger partial charge < -0.3 is 10.1 Å². The molecule has 150 valence electrons. The molecule has 2 rings (SSSR count). The summed E-state index contributed by atoms with van der Waals surface area (Å²) >= 11 is 0. The van der Waals surface area contributed by atoms with Crippen LogP contribution in [0.15, 0.2) is 48.5 Å². The van der Waals surface area contributed by atoms with Gasteiger partial charge in [0.1, 0.15) is 6.07 Å². The Balaban J connectivity index is 1.82. The fourth-order valence-corrected chi connectivity index (χ4v) is 2.74. The van der Waals surface area contributed by atoms with Crippen molar-refractivity contribution < 1.29 is 19.1 Å². The highest BCUT2D eigenvalue weighted by Crippen LogP contribution is 2.15. The van der Waals surface area contributed by atoms with Crippen LogP contribution in [-0.4, -0.2) is 23.8 Å². The van der Waals surface area contributed by atoms with Gasteiger partial charge in [-0.15, -0.1) is 0 Å². The highest BCUT2D eigenvalue weighted by atomic mass is 16.5. The van der Waals surface area contributed by atoms with Gasteiger partial charge in [-0.2, -0.15) is 5.26 Å². The van der Waals surface area contributed by atoms with Crippen LogP contribution in [0.4, 0.5) is 5.69 Å². The van der Waals surface area contributed by atoms with E-state index in [4.69, 9.17) is 10.00 Å². The van der Waals surface area contributed by atoms with E-state index in [1.807, 2.05) is 18.2 Å². The van der Waals surface area contributed by atoms with Gasteiger partial charge in [0.05, 0.1) is 17.7 Å². The minimum Gasteiger partial charge on any atom is -0.453 e. The van der Waals surface area contributed by atoms with Gasteiger partial charge in [0.2, 0.25) is 0 Å². The zero-order valence-electron chi connectivity index (χ0n) is 16.6. The maximum atomic E-state index is 12.2. The SMILES string of the molecule is CCCc1ccc(C(=O)CCC(=O)O[C@H](C)C(=O)Nc2ccccc2C#N)cc1. The van der Waals surface area contributed by atoms with E-state index < -0.39 is 18.0 Å². The summed E-state index contributed by atoms with van der Waals surface area (Å²) in [6.45, 7) is 3.53. The third-order valence-corrected chi connectivity index (χ3v) is 4.35. The first-order chi connectivity index (χ1) is 13.9. The smallest absolute Gasteiger partial charge is 0.307 e. The van der Waals surface area contributed by atoms with E-state index in [-0.39, 0.29) is 18.6 Å². The lowest BCUT2D eigenvalue weighted by molar-refractivity contribution is -0.153. The molecule has 6 nitrogen and oxygen atoms in total. The average molecular weight is 392 g/mol. The number of amides is 1. The van der Waals surface area contributed by atoms with E-state index in [1.54, 1.807) is 36.4 Å². The molecule has 0 saturated heterocycles. The molecule has 0 fully saturated rings. The molecule has 0 aliphatic heterocycles. The molecule has 2 aromatic rings. The molecule has 6 heteroatoms. The summed E-state index contributed by atoms with van der Waals surface area (Å²) in [4.78, 5) is 36.4. The van der Waals surface area contributed by atoms with Crippen molar-refractivity contribution >= 4 is 23.3 Å². The third-order valence-electron chi connectivity index (χ3n) is 4.35. The Morgan fingerprint density at radius 3 is 2.41 bits per heavy atom. The van der Waals surface area contributed by atoms with E-state index in [9.17, 15) is 14.4 Å². The number of nitrogens with one attached hydrogen (secondary N) is 1. The van der Waals surface area contributed by atoms with Gasteiger partial charge >= 0.3 is 5.97 Å². The first-order valence-corrected chi connectivity index (χ1v) is 9.56. The molecule has 0 heterocycles. The maximum Gasteiger partial charge on any atom is 0.307 e. The first-order valence-electron chi connectivity index (χ1n) is 9.56. The Kier molecular flexibility index (Phi) is 8.11. The minimum atomic E-state index is -1.04. The Morgan fingerprint density at radius 2 is 1.76 bits per heavy atom. The zero-order chi connectivity index (χ0) is 21.2. The first kappa shape index (κ1) is 21.8. The summed E-state index contributed by atoms with van der Waals surface area (Å²) in [5, 5.41) is 11.6. The second-order valence-corrected chi connectivity index (χ2v) is 6.65. The molecule has 0 aliphatic rings. The average Bonchev–Trinajstić information content (AvgIpc) is 2.73. The van der Waals surface area contributed by atoms with Gasteiger partial charge in [-0.3, -0.25) is 14.4 Å². The van der Waals surface area contributed by atoms with Gasteiger partial charge in [0.25, 0.3) is 5.91 Å². The van der Waals surface area contributed by atoms with Crippen molar-refractivity contribution in [2.45, 2.75) is 45.6 Å². The third kappa shape index (κ3) is 6.58. The van der Waals surface area contributed by atoms with E-state index in [0.29, 0.717) is 16.8 Å². The van der Waals surface area contributed by atoms with E-state index >= 15 is 0 Å². The predicted octanol–water partition coefficient (Wildman–Crippen LogP) is 4.04. The second-order valence-electron chi connectivity index (χ2n) is 6.65. The minimum absolute atomic E-state index is 0.0115. The van der Waals surface area contributed by atoms with Gasteiger partial charge in [-0.1, -0.05) is 49.7 Å². The van der Waals surface area contributed by atoms with Crippen molar-refractivity contribution in [3.63, 3.8) is 0 Å². The number of nitrogens with zero attached hydrogens (tertiary/aromatic N) is 1. The molecule has 1 amide bonds. The fourth-order valence-electron chi connectivity index (χ4n) is 2.74. The second kappa shape index (κ2) is 10.8. The summed E-state index contributed by atoms with van der Waals surface area (Å²) in [6, 6.07) is 15.9. The van der Waals surface area contributed by atoms with Crippen LogP contribution >= 0.6 is 0 Å². The van der Waals surface area contributed by atoms with Crippen LogP contribution in [0.5, 0.6) is 0 Å². The van der Waals surface area contributed by atoms with Crippen molar-refractivity contribution in [3.8, 4) is 6.07 Å². The van der Waals surface area contributed by atoms with Crippen LogP contribution in [0.3, 0.4) is 0 Å². The van der Waals surface area contributed by atoms with E-state index in [0.717, 1.165) is 12.8 Å². The molecule has 1 atom stereocenters. The predicted molar refractivity (Wildman–Crippen MR) is 109 cm³/mol. The highest BCUT2D eigenvalue weighted by molar-refractivity contribution is 5.98. The van der Waals surface area contributed by atoms with Gasteiger partial charge in [0, 0.05) is 12.0 Å². The quantitative estimate of drug-likeness (QED) is 0.513. The van der Waals surface area contributed by atoms with Gasteiger partial charge in [-0.05, 0) is 31.0 Å². The van der Waals surface area contributed by atoms with Gasteiger partial charge in [-0.25, -0.2) is 0 Å². The number of Topliss-reactive ketones (excluding diaryl/α,β-unsaturated/α-hetero) is 1. The molecule has 0 spiro atoms. The number of rotatable bonds is 9. The number of ketones is 1. The molecule has 0 saturated carbocycles. The fraction of sp³-hybridized carbons (Fsp3) is 0.304. The van der Waals surface area contributed by atoms with E-state index in [1.165, 1.54) is 12.5 Å². The lowest BCUT2D eigenvalue weighted by Gasteiger charge is -2.14. The van der Waals surface area contributed by atoms with Crippen molar-refractivity contribution in [2.75, 3.05) is 5.32 Å². The number of benzene rings is 2. The molecule has 0 unspecified atom stereocenters. The Morgan fingerprint density at radius 1 is 1.07 bits per heavy atom. The standard InChI is InChI=1S/C23H24N2O4/c1-3-6-17-9-11-18(12-10-17)21(26)13-14-22(27)29-16(2)23(28)25-20-8-5-4-7-19(20)15-24/h4-5,7-12,16H,3,6,13-14H2,1-2H3,(H,25,28)/t16-/m1/s1. The summed E-state index contributed by atoms with van der Waals surface area (Å²) in [5.41, 5.74) is 2.39. The number of carbonyl (C=O) groups excluding carboxylic acids is 3. The summed E-state index contributed by atoms with van der Waals surface area (Å²) in [6.07, 6.45) is 0.851. The normalized spacial score (nSPS) is 11.2. The number of nitriles is 1. The molecular formula is C23H24N2O4. The maximum absolute atomic E-state index is 12.2. The van der Waals surface area contributed by atoms with Crippen LogP contribution < -0.4 is 5.32 Å². The number of para-hydroxylation sites is 1. The molecule has 0 bridgehead atoms. The summed E-state index contributed by atoms with van der Waals surface area (Å²) in [5.74, 6) is -1.32. The van der Waals surface area contributed by atoms with Crippen LogP contribution in [0.25, 0.3) is 0 Å². The lowest BCUT2D eigenvalue weighted by Crippen LogP contribution is -2.30. The molecule has 0 radical (unpaired) electrons. The van der Waals surface area contributed by atoms with Crippen LogP contribution in [-0.2, 0) is 20.7 Å². The molecule has 29 heavy (non-hydrogen) atoms. The number of esters is 1. The van der Waals surface area contributed by atoms with Crippen LogP contribution in [0.1, 0.15) is 54.6 Å². The largest absolute Gasteiger partial charge is 0.453 e. The van der Waals surface area contributed by atoms with Gasteiger partial charge in [0.15, 0.2) is 11.9 Å². The van der Waals surface area contributed by atoms with Crippen molar-refractivity contribution in [1.29, 1.82) is 5.26 Å². The number of ether oxygens (including phenoxy) is 1. The molecule has 0 aliphatic carbocycles. The van der Waals surface area contributed by atoms with Crippen molar-refractivity contribution in [3.05, 3.63) is 65.2 Å². The number of anilines is 1. The number of hydrogen-bond donors (Lipinski definition) is 1. The molecular weight excluding hydrogens is 368 g/mol. The molecule has 2 aromatic carbocycles. The Hall–Kier alpha value is -3.46. The molecule has 1 N–H and O–H groups in total. The monoisotopic (exact) mass is 392 g/mol. The van der Waals surface area contributed by atoms with Crippen molar-refractivity contribution in [2.24, 2.45) is 0 Å². The number of carbonyl (C=O) groups is 3. The number of hydrogen-bond acceptors (Lipinski definition) is 5. The highest BCUT2D eigenvalue weighted by Gasteiger charge is 2.19. The topological polar surface area (TPSA) is 96.3 Å². The van der Waals surface area contributed by atoms with Crippen LogP contribution in [0.2, 0.25) is 0 Å². The summed E-state index contributed by atoms with van der Waals surface area (Å²) in [7, 11) is 0. The summed E-state index contributed by atoms with van der Waals surface area (Å²) < 4.78 is 5.11. The Labute approximate surface area is 170 Å². The lowest BCUT2D eigenvalue weighted by atomic mass is 10.0. The van der Waals surface area contributed by atoms with Crippen LogP contribution in [0, 0.1) is 11.3 Å². The van der Waals surface area contributed by atoms with Crippen molar-refractivity contribution in [1.82, 2.24) is 0 Å². The van der Waals surface area contributed by atoms with E-state index in [2.05, 4.69) is 12.2 Å².